The molecule has 0 heterocycles. The number of rotatable bonds is 13. The van der Waals surface area contributed by atoms with E-state index < -0.39 is 12.0 Å². The van der Waals surface area contributed by atoms with Crippen LogP contribution in [0.3, 0.4) is 0 Å². The SMILES string of the molecule is COC(=O)C(Cc1ccc(-c2cccc(CNCC(=O)c3ccccc3)c2)cc1)N=C(C)CC(=O)c1ccccc1. The van der Waals surface area contributed by atoms with Crippen molar-refractivity contribution in [1.82, 2.24) is 5.32 Å². The first-order valence-electron chi connectivity index (χ1n) is 13.6. The van der Waals surface area contributed by atoms with Crippen molar-refractivity contribution in [2.45, 2.75) is 32.4 Å². The lowest BCUT2D eigenvalue weighted by Crippen LogP contribution is -2.24. The van der Waals surface area contributed by atoms with Crippen LogP contribution in [-0.2, 0) is 22.5 Å². The Bertz CT molecular complexity index is 1500. The van der Waals surface area contributed by atoms with Gasteiger partial charge >= 0.3 is 5.97 Å². The summed E-state index contributed by atoms with van der Waals surface area (Å²) in [6.07, 6.45) is 0.505. The summed E-state index contributed by atoms with van der Waals surface area (Å²) in [5.41, 5.74) is 6.02. The van der Waals surface area contributed by atoms with Gasteiger partial charge in [0.1, 0.15) is 0 Å². The number of benzene rings is 4. The number of aliphatic imine (C=N–C) groups is 1. The molecule has 1 atom stereocenters. The summed E-state index contributed by atoms with van der Waals surface area (Å²) < 4.78 is 5.00. The van der Waals surface area contributed by atoms with Crippen molar-refractivity contribution in [3.05, 3.63) is 131 Å². The van der Waals surface area contributed by atoms with Crippen molar-refractivity contribution in [3.63, 3.8) is 0 Å². The first-order chi connectivity index (χ1) is 19.9. The van der Waals surface area contributed by atoms with Crippen LogP contribution in [0.15, 0.2) is 114 Å². The largest absolute Gasteiger partial charge is 0.467 e. The smallest absolute Gasteiger partial charge is 0.330 e. The maximum Gasteiger partial charge on any atom is 0.330 e. The zero-order valence-corrected chi connectivity index (χ0v) is 23.4. The molecule has 0 fully saturated rings. The molecular formula is C35H34N2O4. The van der Waals surface area contributed by atoms with Gasteiger partial charge in [-0.2, -0.15) is 0 Å². The molecule has 0 aromatic heterocycles. The van der Waals surface area contributed by atoms with E-state index in [1.54, 1.807) is 19.1 Å². The lowest BCUT2D eigenvalue weighted by Gasteiger charge is -2.13. The molecule has 4 rings (SSSR count). The molecule has 0 spiro atoms. The Labute approximate surface area is 241 Å². The summed E-state index contributed by atoms with van der Waals surface area (Å²) in [5.74, 6) is -0.420. The van der Waals surface area contributed by atoms with Crippen molar-refractivity contribution in [3.8, 4) is 11.1 Å². The highest BCUT2D eigenvalue weighted by Crippen LogP contribution is 2.22. The van der Waals surface area contributed by atoms with Gasteiger partial charge < -0.3 is 10.1 Å². The Kier molecular flexibility index (Phi) is 10.5. The van der Waals surface area contributed by atoms with Crippen molar-refractivity contribution in [2.75, 3.05) is 13.7 Å². The van der Waals surface area contributed by atoms with Gasteiger partial charge in [-0.3, -0.25) is 14.6 Å². The number of hydrogen-bond acceptors (Lipinski definition) is 6. The molecule has 1 N–H and O–H groups in total. The van der Waals surface area contributed by atoms with Crippen LogP contribution in [0.1, 0.15) is 45.2 Å². The van der Waals surface area contributed by atoms with Crippen molar-refractivity contribution >= 4 is 23.2 Å². The van der Waals surface area contributed by atoms with E-state index in [1.807, 2.05) is 91.0 Å². The Hall–Kier alpha value is -4.68. The zero-order valence-electron chi connectivity index (χ0n) is 23.4. The van der Waals surface area contributed by atoms with Crippen LogP contribution in [-0.4, -0.2) is 42.9 Å². The Morgan fingerprint density at radius 3 is 2.00 bits per heavy atom. The molecule has 1 unspecified atom stereocenters. The highest BCUT2D eigenvalue weighted by molar-refractivity contribution is 6.09. The minimum Gasteiger partial charge on any atom is -0.467 e. The van der Waals surface area contributed by atoms with Crippen LogP contribution in [0.2, 0.25) is 0 Å². The molecule has 208 valence electrons. The number of nitrogens with one attached hydrogen (secondary N) is 1. The summed E-state index contributed by atoms with van der Waals surface area (Å²) >= 11 is 0. The maximum absolute atomic E-state index is 12.6. The van der Waals surface area contributed by atoms with Crippen LogP contribution in [0.4, 0.5) is 0 Å². The second-order valence-electron chi connectivity index (χ2n) is 9.86. The third-order valence-electron chi connectivity index (χ3n) is 6.72. The normalized spacial score (nSPS) is 12.0. The number of carbonyl (C=O) groups is 3. The van der Waals surface area contributed by atoms with E-state index in [-0.39, 0.29) is 24.5 Å². The average Bonchev–Trinajstić information content (AvgIpc) is 3.01. The van der Waals surface area contributed by atoms with Gasteiger partial charge in [-0.25, -0.2) is 4.79 Å². The van der Waals surface area contributed by atoms with Gasteiger partial charge in [0.05, 0.1) is 13.7 Å². The van der Waals surface area contributed by atoms with Gasteiger partial charge in [-0.15, -0.1) is 0 Å². The molecule has 6 heteroatoms. The van der Waals surface area contributed by atoms with Gasteiger partial charge in [0, 0.05) is 36.2 Å². The number of carbonyl (C=O) groups excluding carboxylic acids is 3. The molecule has 0 radical (unpaired) electrons. The first-order valence-corrected chi connectivity index (χ1v) is 13.6. The molecule has 4 aromatic rings. The van der Waals surface area contributed by atoms with Crippen LogP contribution >= 0.6 is 0 Å². The van der Waals surface area contributed by atoms with E-state index in [0.717, 1.165) is 22.3 Å². The number of Topliss-reactive ketones (excluding diaryl/α,β-unsaturated/α-hetero) is 2. The highest BCUT2D eigenvalue weighted by Gasteiger charge is 2.20. The number of ketones is 2. The van der Waals surface area contributed by atoms with Gasteiger partial charge in [-0.1, -0.05) is 103 Å². The van der Waals surface area contributed by atoms with Gasteiger partial charge in [0.15, 0.2) is 17.6 Å². The zero-order chi connectivity index (χ0) is 29.0. The molecule has 6 nitrogen and oxygen atoms in total. The fraction of sp³-hybridized carbons (Fsp3) is 0.200. The van der Waals surface area contributed by atoms with Crippen LogP contribution in [0.25, 0.3) is 11.1 Å². The molecule has 0 amide bonds. The first kappa shape index (κ1) is 29.3. The molecule has 0 saturated heterocycles. The van der Waals surface area contributed by atoms with Crippen LogP contribution < -0.4 is 5.32 Å². The van der Waals surface area contributed by atoms with Gasteiger partial charge in [-0.05, 0) is 35.2 Å². The third kappa shape index (κ3) is 8.65. The molecule has 0 aliphatic carbocycles. The van der Waals surface area contributed by atoms with E-state index in [0.29, 0.717) is 29.8 Å². The number of hydrogen-bond donors (Lipinski definition) is 1. The quantitative estimate of drug-likeness (QED) is 0.124. The monoisotopic (exact) mass is 546 g/mol. The van der Waals surface area contributed by atoms with E-state index in [2.05, 4.69) is 16.4 Å². The molecule has 0 aliphatic heterocycles. The molecular weight excluding hydrogens is 512 g/mol. The fourth-order valence-corrected chi connectivity index (χ4v) is 4.55. The Morgan fingerprint density at radius 1 is 0.732 bits per heavy atom. The Morgan fingerprint density at radius 2 is 1.37 bits per heavy atom. The number of ether oxygens (including phenoxy) is 1. The lowest BCUT2D eigenvalue weighted by molar-refractivity contribution is -0.142. The van der Waals surface area contributed by atoms with E-state index in [4.69, 9.17) is 4.74 Å². The summed E-state index contributed by atoms with van der Waals surface area (Å²) in [6.45, 7) is 2.61. The summed E-state index contributed by atoms with van der Waals surface area (Å²) in [5, 5.41) is 3.24. The van der Waals surface area contributed by atoms with E-state index in [1.165, 1.54) is 7.11 Å². The number of esters is 1. The van der Waals surface area contributed by atoms with Crippen molar-refractivity contribution in [1.29, 1.82) is 0 Å². The van der Waals surface area contributed by atoms with Crippen LogP contribution in [0, 0.1) is 0 Å². The third-order valence-corrected chi connectivity index (χ3v) is 6.72. The topological polar surface area (TPSA) is 84.8 Å². The second kappa shape index (κ2) is 14.6. The second-order valence-corrected chi connectivity index (χ2v) is 9.86. The summed E-state index contributed by atoms with van der Waals surface area (Å²) in [4.78, 5) is 42.0. The number of nitrogens with zero attached hydrogens (tertiary/aromatic N) is 1. The van der Waals surface area contributed by atoms with Gasteiger partial charge in [0.2, 0.25) is 0 Å². The molecule has 0 aliphatic rings. The van der Waals surface area contributed by atoms with Crippen LogP contribution in [0.5, 0.6) is 0 Å². The highest BCUT2D eigenvalue weighted by atomic mass is 16.5. The molecule has 4 aromatic carbocycles. The predicted octanol–water partition coefficient (Wildman–Crippen LogP) is 6.14. The average molecular weight is 547 g/mol. The predicted molar refractivity (Wildman–Crippen MR) is 162 cm³/mol. The Balaban J connectivity index is 1.37. The molecule has 0 saturated carbocycles. The molecule has 0 bridgehead atoms. The minimum absolute atomic E-state index is 0.0416. The standard InChI is InChI=1S/C35H34N2O4/c1-25(20-33(38)29-11-5-3-6-12-29)37-32(35(40)41-2)22-26-16-18-28(19-17-26)31-15-9-10-27(21-31)23-36-24-34(39)30-13-7-4-8-14-30/h3-19,21,32,36H,20,22-24H2,1-2H3. The maximum atomic E-state index is 12.6. The van der Waals surface area contributed by atoms with Crippen molar-refractivity contribution in [2.24, 2.45) is 4.99 Å². The van der Waals surface area contributed by atoms with E-state index in [9.17, 15) is 14.4 Å². The van der Waals surface area contributed by atoms with Gasteiger partial charge in [0.25, 0.3) is 0 Å². The van der Waals surface area contributed by atoms with E-state index >= 15 is 0 Å². The lowest BCUT2D eigenvalue weighted by atomic mass is 9.99. The summed E-state index contributed by atoms with van der Waals surface area (Å²) in [6, 6.07) is 33.8. The molecule has 41 heavy (non-hydrogen) atoms. The summed E-state index contributed by atoms with van der Waals surface area (Å²) in [7, 11) is 1.35. The number of methoxy groups -OCH3 is 1. The fourth-order valence-electron chi connectivity index (χ4n) is 4.55. The minimum atomic E-state index is -0.734. The van der Waals surface area contributed by atoms with Crippen molar-refractivity contribution < 1.29 is 19.1 Å².